The second kappa shape index (κ2) is 19.3. The van der Waals surface area contributed by atoms with E-state index in [2.05, 4.69) is 89.8 Å². The van der Waals surface area contributed by atoms with Gasteiger partial charge in [-0.2, -0.15) is 0 Å². The molecule has 7 nitrogen and oxygen atoms in total. The van der Waals surface area contributed by atoms with Crippen LogP contribution in [-0.2, 0) is 10.2 Å². The van der Waals surface area contributed by atoms with Gasteiger partial charge in [-0.15, -0.1) is 0 Å². The Morgan fingerprint density at radius 1 is 0.896 bits per heavy atom. The van der Waals surface area contributed by atoms with E-state index in [1.165, 1.54) is 11.1 Å². The van der Waals surface area contributed by atoms with Crippen molar-refractivity contribution in [1.29, 1.82) is 0 Å². The van der Waals surface area contributed by atoms with Crippen molar-refractivity contribution in [2.24, 2.45) is 5.41 Å². The molecule has 0 bridgehead atoms. The van der Waals surface area contributed by atoms with Crippen LogP contribution >= 0.6 is 0 Å². The van der Waals surface area contributed by atoms with Crippen molar-refractivity contribution in [2.45, 2.75) is 106 Å². The summed E-state index contributed by atoms with van der Waals surface area (Å²) in [6.07, 6.45) is 3.60. The average Bonchev–Trinajstić information content (AvgIpc) is 3.68. The Hall–Kier alpha value is -3.71. The van der Waals surface area contributed by atoms with Crippen LogP contribution in [0.4, 0.5) is 0 Å². The lowest BCUT2D eigenvalue weighted by Crippen LogP contribution is -2.46. The SMILES string of the molecule is CC.CC.CC.COc1ccc(C(=O)NC2CCN(CCCCC3(C(=O)NCC(C)(C)C)c4ccccc4-c4ccccc43)C2)c(C)n1. The zero-order valence-electron chi connectivity index (χ0n) is 31.6. The predicted octanol–water partition coefficient (Wildman–Crippen LogP) is 8.58. The van der Waals surface area contributed by atoms with Gasteiger partial charge in [0.05, 0.1) is 18.4 Å². The van der Waals surface area contributed by atoms with Crippen molar-refractivity contribution in [3.8, 4) is 17.0 Å². The molecule has 264 valence electrons. The Kier molecular flexibility index (Phi) is 16.3. The Morgan fingerprint density at radius 3 is 2.02 bits per heavy atom. The largest absolute Gasteiger partial charge is 0.481 e. The number of fused-ring (bicyclic) bond motifs is 3. The number of likely N-dealkylation sites (tertiary alicyclic amines) is 1. The van der Waals surface area contributed by atoms with Crippen LogP contribution < -0.4 is 15.4 Å². The number of carbonyl (C=O) groups is 2. The van der Waals surface area contributed by atoms with E-state index in [1.54, 1.807) is 19.2 Å². The summed E-state index contributed by atoms with van der Waals surface area (Å²) >= 11 is 0. The van der Waals surface area contributed by atoms with Crippen LogP contribution in [0.2, 0.25) is 0 Å². The highest BCUT2D eigenvalue weighted by Crippen LogP contribution is 2.51. The van der Waals surface area contributed by atoms with Crippen LogP contribution in [0.25, 0.3) is 11.1 Å². The zero-order chi connectivity index (χ0) is 35.9. The number of hydrogen-bond acceptors (Lipinski definition) is 5. The van der Waals surface area contributed by atoms with Crippen molar-refractivity contribution in [2.75, 3.05) is 33.3 Å². The number of rotatable bonds is 10. The number of amides is 2. The zero-order valence-corrected chi connectivity index (χ0v) is 31.6. The number of nitrogens with one attached hydrogen (secondary N) is 2. The summed E-state index contributed by atoms with van der Waals surface area (Å²) < 4.78 is 5.16. The van der Waals surface area contributed by atoms with E-state index in [0.717, 1.165) is 56.4 Å². The highest BCUT2D eigenvalue weighted by Gasteiger charge is 2.48. The lowest BCUT2D eigenvalue weighted by molar-refractivity contribution is -0.126. The summed E-state index contributed by atoms with van der Waals surface area (Å²) in [5, 5.41) is 6.51. The van der Waals surface area contributed by atoms with Gasteiger partial charge in [-0.25, -0.2) is 4.98 Å². The molecule has 1 unspecified atom stereocenters. The molecule has 1 aromatic heterocycles. The molecule has 48 heavy (non-hydrogen) atoms. The van der Waals surface area contributed by atoms with E-state index >= 15 is 0 Å². The van der Waals surface area contributed by atoms with Crippen molar-refractivity contribution in [1.82, 2.24) is 20.5 Å². The molecule has 0 radical (unpaired) electrons. The minimum atomic E-state index is -0.690. The van der Waals surface area contributed by atoms with E-state index in [-0.39, 0.29) is 23.3 Å². The fourth-order valence-electron chi connectivity index (χ4n) is 6.48. The van der Waals surface area contributed by atoms with Crippen LogP contribution in [0.15, 0.2) is 60.7 Å². The first kappa shape index (κ1) is 40.5. The van der Waals surface area contributed by atoms with Crippen LogP contribution in [-0.4, -0.2) is 61.0 Å². The van der Waals surface area contributed by atoms with Crippen LogP contribution in [0.5, 0.6) is 5.88 Å². The smallest absolute Gasteiger partial charge is 0.253 e. The lowest BCUT2D eigenvalue weighted by Gasteiger charge is -2.32. The normalized spacial score (nSPS) is 15.6. The Morgan fingerprint density at radius 2 is 1.48 bits per heavy atom. The van der Waals surface area contributed by atoms with Gasteiger partial charge in [0.1, 0.15) is 5.41 Å². The lowest BCUT2D eigenvalue weighted by atomic mass is 9.73. The number of benzene rings is 2. The number of unbranched alkanes of at least 4 members (excludes halogenated alkanes) is 1. The van der Waals surface area contributed by atoms with Crippen LogP contribution in [0.1, 0.15) is 115 Å². The molecule has 0 saturated carbocycles. The molecule has 1 aliphatic heterocycles. The summed E-state index contributed by atoms with van der Waals surface area (Å²) in [7, 11) is 1.57. The third-order valence-electron chi connectivity index (χ3n) is 8.63. The molecule has 3 aromatic rings. The van der Waals surface area contributed by atoms with Gasteiger partial charge in [-0.05, 0) is 66.5 Å². The van der Waals surface area contributed by atoms with Crippen molar-refractivity contribution in [3.63, 3.8) is 0 Å². The van der Waals surface area contributed by atoms with E-state index in [0.29, 0.717) is 23.7 Å². The summed E-state index contributed by atoms with van der Waals surface area (Å²) in [6, 6.07) is 20.4. The van der Waals surface area contributed by atoms with E-state index in [4.69, 9.17) is 4.74 Å². The first-order valence-corrected chi connectivity index (χ1v) is 18.1. The number of pyridine rings is 1. The minimum Gasteiger partial charge on any atom is -0.481 e. The monoisotopic (exact) mass is 658 g/mol. The molecule has 0 spiro atoms. The van der Waals surface area contributed by atoms with Gasteiger partial charge in [0.25, 0.3) is 5.91 Å². The van der Waals surface area contributed by atoms with Gasteiger partial charge in [-0.3, -0.25) is 9.59 Å². The molecule has 5 rings (SSSR count). The van der Waals surface area contributed by atoms with Gasteiger partial charge in [-0.1, -0.05) is 117 Å². The molecular weight excluding hydrogens is 596 g/mol. The summed E-state index contributed by atoms with van der Waals surface area (Å²) in [4.78, 5) is 33.8. The second-order valence-corrected chi connectivity index (χ2v) is 12.9. The number of carbonyl (C=O) groups excluding carboxylic acids is 2. The van der Waals surface area contributed by atoms with Gasteiger partial charge in [0.15, 0.2) is 0 Å². The fraction of sp³-hybridized carbons (Fsp3) is 0.537. The molecule has 2 heterocycles. The van der Waals surface area contributed by atoms with E-state index < -0.39 is 5.41 Å². The third kappa shape index (κ3) is 9.68. The van der Waals surface area contributed by atoms with E-state index in [1.807, 2.05) is 48.5 Å². The number of nitrogens with zero attached hydrogens (tertiary/aromatic N) is 2. The number of aryl methyl sites for hydroxylation is 1. The molecule has 7 heteroatoms. The number of ether oxygens (including phenoxy) is 1. The Bertz CT molecular complexity index is 1400. The van der Waals surface area contributed by atoms with Gasteiger partial charge >= 0.3 is 0 Å². The summed E-state index contributed by atoms with van der Waals surface area (Å²) in [5.41, 5.74) is 5.12. The molecule has 2 aromatic carbocycles. The maximum absolute atomic E-state index is 14.1. The molecule has 2 N–H and O–H groups in total. The first-order valence-electron chi connectivity index (χ1n) is 18.1. The van der Waals surface area contributed by atoms with Crippen molar-refractivity contribution >= 4 is 11.8 Å². The molecular formula is C41H62N4O3. The standard InChI is InChI=1S/C35H44N4O3.3C2H6/c1-24-26(16-17-31(37-24)42-5)32(40)38-25-18-21-39(22-25)20-11-10-19-35(33(41)36-23-34(2,3)4)29-14-8-6-12-27(29)28-13-7-9-15-30(28)35;3*1-2/h6-9,12-17,25H,10-11,18-23H2,1-5H3,(H,36,41)(H,38,40);3*1-2H3. The fourth-order valence-corrected chi connectivity index (χ4v) is 6.48. The van der Waals surface area contributed by atoms with Gasteiger partial charge < -0.3 is 20.3 Å². The first-order chi connectivity index (χ1) is 23.1. The van der Waals surface area contributed by atoms with Crippen molar-refractivity contribution in [3.05, 3.63) is 83.0 Å². The predicted molar refractivity (Wildman–Crippen MR) is 201 cm³/mol. The number of methoxy groups -OCH3 is 1. The van der Waals surface area contributed by atoms with Gasteiger partial charge in [0.2, 0.25) is 11.8 Å². The van der Waals surface area contributed by atoms with Crippen molar-refractivity contribution < 1.29 is 14.3 Å². The summed E-state index contributed by atoms with van der Waals surface area (Å²) in [5.74, 6) is 0.521. The Balaban J connectivity index is 0.00000126. The quantitative estimate of drug-likeness (QED) is 0.213. The van der Waals surface area contributed by atoms with Crippen LogP contribution in [0.3, 0.4) is 0 Å². The molecule has 1 saturated heterocycles. The van der Waals surface area contributed by atoms with Crippen LogP contribution in [0, 0.1) is 12.3 Å². The third-order valence-corrected chi connectivity index (χ3v) is 8.63. The highest BCUT2D eigenvalue weighted by atomic mass is 16.5. The Labute approximate surface area is 291 Å². The molecule has 1 aliphatic carbocycles. The summed E-state index contributed by atoms with van der Waals surface area (Å²) in [6.45, 7) is 23.6. The molecule has 1 fully saturated rings. The number of aromatic nitrogens is 1. The molecule has 2 aliphatic rings. The second-order valence-electron chi connectivity index (χ2n) is 12.9. The molecule has 1 atom stereocenters. The maximum atomic E-state index is 14.1. The maximum Gasteiger partial charge on any atom is 0.253 e. The average molecular weight is 659 g/mol. The topological polar surface area (TPSA) is 83.6 Å². The molecule has 2 amide bonds. The van der Waals surface area contributed by atoms with E-state index in [9.17, 15) is 9.59 Å². The van der Waals surface area contributed by atoms with Gasteiger partial charge in [0, 0.05) is 31.7 Å². The minimum absolute atomic E-state index is 0.00120. The highest BCUT2D eigenvalue weighted by molar-refractivity contribution is 6.00. The number of hydrogen-bond donors (Lipinski definition) is 2.